The van der Waals surface area contributed by atoms with Crippen LogP contribution in [0.25, 0.3) is 0 Å². The van der Waals surface area contributed by atoms with Crippen LogP contribution in [0.1, 0.15) is 30.1 Å². The molecule has 2 aliphatic rings. The Balaban J connectivity index is 1.45. The summed E-state index contributed by atoms with van der Waals surface area (Å²) in [4.78, 5) is 50.2. The minimum absolute atomic E-state index is 0.173. The van der Waals surface area contributed by atoms with Crippen LogP contribution in [-0.2, 0) is 9.59 Å². The lowest BCUT2D eigenvalue weighted by molar-refractivity contribution is -0.146. The number of anilines is 2. The number of hydrogen-bond acceptors (Lipinski definition) is 6. The van der Waals surface area contributed by atoms with E-state index in [0.717, 1.165) is 5.57 Å². The van der Waals surface area contributed by atoms with Gasteiger partial charge >= 0.3 is 5.97 Å². The van der Waals surface area contributed by atoms with E-state index in [0.29, 0.717) is 56.2 Å². The number of allylic oxidation sites excluding steroid dienone is 2. The largest absolute Gasteiger partial charge is 0.481 e. The number of carbonyl (C=O) groups is 3. The third kappa shape index (κ3) is 5.02. The topological polar surface area (TPSA) is 116 Å². The van der Waals surface area contributed by atoms with Crippen LogP contribution in [0.2, 0.25) is 0 Å². The third-order valence-electron chi connectivity index (χ3n) is 6.22. The van der Waals surface area contributed by atoms with Gasteiger partial charge in [0.05, 0.1) is 23.1 Å². The summed E-state index contributed by atoms with van der Waals surface area (Å²) in [5.41, 5.74) is 1.77. The lowest BCUT2D eigenvalue weighted by Gasteiger charge is -2.35. The molecule has 1 aromatic carbocycles. The molecule has 2 aromatic rings. The van der Waals surface area contributed by atoms with Crippen LogP contribution < -0.4 is 10.2 Å². The van der Waals surface area contributed by atoms with E-state index in [4.69, 9.17) is 0 Å². The number of aliphatic carboxylic acids is 1. The molecule has 9 nitrogen and oxygen atoms in total. The fraction of sp³-hybridized carbons (Fsp3) is 0.375. The van der Waals surface area contributed by atoms with Crippen LogP contribution in [0.15, 0.2) is 54.4 Å². The number of aromatic nitrogens is 2. The highest BCUT2D eigenvalue weighted by atomic mass is 16.4. The van der Waals surface area contributed by atoms with Gasteiger partial charge in [-0.25, -0.2) is 9.97 Å². The molecule has 0 radical (unpaired) electrons. The quantitative estimate of drug-likeness (QED) is 0.674. The fourth-order valence-corrected chi connectivity index (χ4v) is 4.35. The second kappa shape index (κ2) is 9.81. The summed E-state index contributed by atoms with van der Waals surface area (Å²) in [7, 11) is 0. The number of para-hydroxylation sites is 1. The molecule has 2 heterocycles. The number of hydrogen-bond donors (Lipinski definition) is 2. The molecule has 1 fully saturated rings. The SMILES string of the molecule is CC1=CC[C@H](C(=O)Nc2ccccc2C(=O)N2CCN(c3ncccn3)CC2)[C@H](C(=O)O)C1. The fourth-order valence-electron chi connectivity index (χ4n) is 4.35. The molecule has 0 bridgehead atoms. The Morgan fingerprint density at radius 2 is 1.70 bits per heavy atom. The lowest BCUT2D eigenvalue weighted by atomic mass is 9.79. The van der Waals surface area contributed by atoms with Crippen LogP contribution in [0, 0.1) is 11.8 Å². The van der Waals surface area contributed by atoms with Gasteiger partial charge in [0.25, 0.3) is 5.91 Å². The summed E-state index contributed by atoms with van der Waals surface area (Å²) < 4.78 is 0. The number of carboxylic acids is 1. The highest BCUT2D eigenvalue weighted by Gasteiger charge is 2.36. The molecule has 1 aliphatic carbocycles. The molecule has 1 aliphatic heterocycles. The highest BCUT2D eigenvalue weighted by molar-refractivity contribution is 6.04. The second-order valence-corrected chi connectivity index (χ2v) is 8.40. The van der Waals surface area contributed by atoms with Gasteiger partial charge in [0.1, 0.15) is 0 Å². The van der Waals surface area contributed by atoms with Crippen molar-refractivity contribution in [3.63, 3.8) is 0 Å². The predicted molar refractivity (Wildman–Crippen MR) is 123 cm³/mol. The van der Waals surface area contributed by atoms with Crippen molar-refractivity contribution < 1.29 is 19.5 Å². The van der Waals surface area contributed by atoms with Crippen molar-refractivity contribution in [2.45, 2.75) is 19.8 Å². The maximum atomic E-state index is 13.3. The molecule has 9 heteroatoms. The van der Waals surface area contributed by atoms with E-state index < -0.39 is 17.8 Å². The van der Waals surface area contributed by atoms with Crippen molar-refractivity contribution in [3.05, 3.63) is 59.9 Å². The van der Waals surface area contributed by atoms with Crippen molar-refractivity contribution in [2.24, 2.45) is 11.8 Å². The summed E-state index contributed by atoms with van der Waals surface area (Å²) >= 11 is 0. The molecule has 2 amide bonds. The van der Waals surface area contributed by atoms with Crippen molar-refractivity contribution >= 4 is 29.4 Å². The number of benzene rings is 1. The number of carboxylic acid groups (broad SMARTS) is 1. The standard InChI is InChI=1S/C24H27N5O4/c1-16-7-8-17(19(15-16)23(32)33)21(30)27-20-6-3-2-5-18(20)22(31)28-11-13-29(14-12-28)24-25-9-4-10-26-24/h2-7,9-10,17,19H,8,11-15H2,1H3,(H,27,30)(H,32,33)/t17-,19+/m0/s1. The molecular weight excluding hydrogens is 422 g/mol. The molecule has 2 atom stereocenters. The molecule has 0 unspecified atom stereocenters. The van der Waals surface area contributed by atoms with Crippen LogP contribution in [-0.4, -0.2) is 63.9 Å². The zero-order valence-corrected chi connectivity index (χ0v) is 18.5. The van der Waals surface area contributed by atoms with Crippen molar-refractivity contribution in [1.29, 1.82) is 0 Å². The van der Waals surface area contributed by atoms with E-state index in [-0.39, 0.29) is 11.8 Å². The van der Waals surface area contributed by atoms with Gasteiger partial charge in [-0.05, 0) is 38.0 Å². The molecule has 1 saturated heterocycles. The summed E-state index contributed by atoms with van der Waals surface area (Å²) in [5, 5.41) is 12.4. The van der Waals surface area contributed by atoms with E-state index in [1.54, 1.807) is 47.6 Å². The lowest BCUT2D eigenvalue weighted by Crippen LogP contribution is -2.49. The maximum Gasteiger partial charge on any atom is 0.307 e. The zero-order valence-electron chi connectivity index (χ0n) is 18.5. The Morgan fingerprint density at radius 1 is 1.00 bits per heavy atom. The Labute approximate surface area is 192 Å². The van der Waals surface area contributed by atoms with E-state index in [1.165, 1.54) is 0 Å². The molecule has 172 valence electrons. The molecule has 0 saturated carbocycles. The molecule has 2 N–H and O–H groups in total. The number of rotatable bonds is 5. The normalized spacial score (nSPS) is 20.7. The van der Waals surface area contributed by atoms with Gasteiger partial charge in [0.2, 0.25) is 11.9 Å². The summed E-state index contributed by atoms with van der Waals surface area (Å²) in [6.45, 7) is 4.11. The van der Waals surface area contributed by atoms with Crippen LogP contribution in [0.3, 0.4) is 0 Å². The van der Waals surface area contributed by atoms with E-state index in [9.17, 15) is 19.5 Å². The van der Waals surface area contributed by atoms with Gasteiger partial charge < -0.3 is 20.2 Å². The zero-order chi connectivity index (χ0) is 23.4. The highest BCUT2D eigenvalue weighted by Crippen LogP contribution is 2.31. The van der Waals surface area contributed by atoms with Crippen LogP contribution in [0.4, 0.5) is 11.6 Å². The second-order valence-electron chi connectivity index (χ2n) is 8.40. The first-order chi connectivity index (χ1) is 15.9. The smallest absolute Gasteiger partial charge is 0.307 e. The molecule has 4 rings (SSSR count). The number of amides is 2. The van der Waals surface area contributed by atoms with Crippen molar-refractivity contribution in [3.8, 4) is 0 Å². The number of carbonyl (C=O) groups excluding carboxylic acids is 2. The van der Waals surface area contributed by atoms with Crippen molar-refractivity contribution in [1.82, 2.24) is 14.9 Å². The molecule has 1 aromatic heterocycles. The Morgan fingerprint density at radius 3 is 2.39 bits per heavy atom. The molecule has 0 spiro atoms. The van der Waals surface area contributed by atoms with Gasteiger partial charge in [-0.15, -0.1) is 0 Å². The Bertz CT molecular complexity index is 1060. The average molecular weight is 450 g/mol. The van der Waals surface area contributed by atoms with E-state index in [1.807, 2.05) is 17.9 Å². The Kier molecular flexibility index (Phi) is 6.67. The minimum atomic E-state index is -0.979. The van der Waals surface area contributed by atoms with Crippen LogP contribution >= 0.6 is 0 Å². The number of nitrogens with one attached hydrogen (secondary N) is 1. The Hall–Kier alpha value is -3.75. The van der Waals surface area contributed by atoms with Crippen molar-refractivity contribution in [2.75, 3.05) is 36.4 Å². The summed E-state index contributed by atoms with van der Waals surface area (Å²) in [6, 6.07) is 8.63. The van der Waals surface area contributed by atoms with E-state index in [2.05, 4.69) is 15.3 Å². The van der Waals surface area contributed by atoms with Gasteiger partial charge in [-0.1, -0.05) is 23.8 Å². The first kappa shape index (κ1) is 22.4. The summed E-state index contributed by atoms with van der Waals surface area (Å²) in [5.74, 6) is -2.34. The summed E-state index contributed by atoms with van der Waals surface area (Å²) in [6.07, 6.45) is 6.02. The first-order valence-corrected chi connectivity index (χ1v) is 11.0. The first-order valence-electron chi connectivity index (χ1n) is 11.0. The van der Waals surface area contributed by atoms with Gasteiger partial charge in [-0.2, -0.15) is 0 Å². The maximum absolute atomic E-state index is 13.3. The monoisotopic (exact) mass is 449 g/mol. The predicted octanol–water partition coefficient (Wildman–Crippen LogP) is 2.43. The van der Waals surface area contributed by atoms with E-state index >= 15 is 0 Å². The molecular formula is C24H27N5O4. The minimum Gasteiger partial charge on any atom is -0.481 e. The van der Waals surface area contributed by atoms with Gasteiger partial charge in [-0.3, -0.25) is 14.4 Å². The third-order valence-corrected chi connectivity index (χ3v) is 6.22. The average Bonchev–Trinajstić information content (AvgIpc) is 2.84. The van der Waals surface area contributed by atoms with Gasteiger partial charge in [0, 0.05) is 38.6 Å². The van der Waals surface area contributed by atoms with Gasteiger partial charge in [0.15, 0.2) is 0 Å². The van der Waals surface area contributed by atoms with Crippen LogP contribution in [0.5, 0.6) is 0 Å². The number of nitrogens with zero attached hydrogens (tertiary/aromatic N) is 4. The number of piperazine rings is 1. The molecule has 33 heavy (non-hydrogen) atoms.